The highest BCUT2D eigenvalue weighted by atomic mass is 35.5. The van der Waals surface area contributed by atoms with Gasteiger partial charge in [-0.2, -0.15) is 5.10 Å². The van der Waals surface area contributed by atoms with E-state index < -0.39 is 43.6 Å². The summed E-state index contributed by atoms with van der Waals surface area (Å²) < 4.78 is 51.7. The van der Waals surface area contributed by atoms with E-state index in [0.717, 1.165) is 60.0 Å². The van der Waals surface area contributed by atoms with Crippen LogP contribution >= 0.6 is 11.6 Å². The Labute approximate surface area is 322 Å². The van der Waals surface area contributed by atoms with Crippen molar-refractivity contribution in [2.24, 2.45) is 0 Å². The number of benzene rings is 3. The Hall–Kier alpha value is -5.44. The fourth-order valence-corrected chi connectivity index (χ4v) is 11.6. The van der Waals surface area contributed by atoms with Crippen molar-refractivity contribution >= 4 is 47.8 Å². The van der Waals surface area contributed by atoms with E-state index in [1.807, 2.05) is 36.4 Å². The molecule has 0 bridgehead atoms. The van der Waals surface area contributed by atoms with Crippen LogP contribution in [0.2, 0.25) is 10.1 Å². The van der Waals surface area contributed by atoms with Crippen LogP contribution < -0.4 is 20.6 Å². The van der Waals surface area contributed by atoms with E-state index in [4.69, 9.17) is 16.0 Å². The van der Waals surface area contributed by atoms with Gasteiger partial charge in [-0.15, -0.1) is 0 Å². The van der Waals surface area contributed by atoms with Crippen LogP contribution in [0.15, 0.2) is 110 Å². The lowest BCUT2D eigenvalue weighted by Crippen LogP contribution is -2.67. The van der Waals surface area contributed by atoms with Gasteiger partial charge in [0.1, 0.15) is 11.7 Å². The second-order valence-corrected chi connectivity index (χ2v) is 18.9. The van der Waals surface area contributed by atoms with E-state index in [9.17, 15) is 13.6 Å². The average Bonchev–Trinajstić information content (AvgIpc) is 3.62. The predicted molar refractivity (Wildman–Crippen MR) is 208 cm³/mol. The normalized spacial score (nSPS) is 13.8. The van der Waals surface area contributed by atoms with Gasteiger partial charge in [0, 0.05) is 48.4 Å². The van der Waals surface area contributed by atoms with Crippen LogP contribution in [0.1, 0.15) is 61.3 Å². The monoisotopic (exact) mass is 782 g/mol. The second kappa shape index (κ2) is 15.7. The molecular weight excluding hydrogens is 745 g/mol. The van der Waals surface area contributed by atoms with Crippen molar-refractivity contribution in [2.75, 3.05) is 29.9 Å². The smallest absolute Gasteiger partial charge is 0.275 e. The Balaban J connectivity index is 1.21. The Morgan fingerprint density at radius 2 is 1.58 bits per heavy atom. The lowest BCUT2D eigenvalue weighted by Gasteiger charge is -2.43. The number of carbonyl (C=O) groups excluding carboxylic acids is 1. The molecule has 4 heterocycles. The Kier molecular flexibility index (Phi) is 10.8. The van der Waals surface area contributed by atoms with E-state index in [1.165, 1.54) is 6.20 Å². The average molecular weight is 783 g/mol. The van der Waals surface area contributed by atoms with Gasteiger partial charge in [-0.25, -0.2) is 28.1 Å². The van der Waals surface area contributed by atoms with Crippen LogP contribution in [-0.2, 0) is 4.43 Å². The summed E-state index contributed by atoms with van der Waals surface area (Å²) in [6.07, 6.45) is 7.03. The van der Waals surface area contributed by atoms with Crippen molar-refractivity contribution in [3.63, 3.8) is 0 Å². The molecule has 7 rings (SSSR count). The summed E-state index contributed by atoms with van der Waals surface area (Å²) in [5, 5.41) is 8.97. The van der Waals surface area contributed by atoms with Crippen LogP contribution in [0, 0.1) is 5.82 Å². The lowest BCUT2D eigenvalue weighted by molar-refractivity contribution is 0.102. The molecule has 1 fully saturated rings. The fourth-order valence-electron chi connectivity index (χ4n) is 6.85. The molecule has 3 aromatic carbocycles. The summed E-state index contributed by atoms with van der Waals surface area (Å²) >= 11 is 5.91. The van der Waals surface area contributed by atoms with Crippen LogP contribution in [0.3, 0.4) is 0 Å². The van der Waals surface area contributed by atoms with Crippen molar-refractivity contribution in [2.45, 2.75) is 44.7 Å². The highest BCUT2D eigenvalue weighted by Crippen LogP contribution is 2.38. The van der Waals surface area contributed by atoms with Gasteiger partial charge in [-0.1, -0.05) is 99.1 Å². The molecular formula is C40H38ClF3N8O2Si. The summed E-state index contributed by atoms with van der Waals surface area (Å²) in [6, 6.07) is 22.1. The molecule has 0 saturated carbocycles. The van der Waals surface area contributed by atoms with Crippen molar-refractivity contribution in [1.82, 2.24) is 29.7 Å². The van der Waals surface area contributed by atoms with E-state index in [0.29, 0.717) is 11.6 Å². The van der Waals surface area contributed by atoms with Crippen molar-refractivity contribution < 1.29 is 22.4 Å². The molecule has 0 spiro atoms. The van der Waals surface area contributed by atoms with Crippen LogP contribution in [0.4, 0.5) is 24.8 Å². The quantitative estimate of drug-likeness (QED) is 0.127. The van der Waals surface area contributed by atoms with Crippen LogP contribution in [0.5, 0.6) is 0 Å². The highest BCUT2D eigenvalue weighted by Gasteiger charge is 2.50. The van der Waals surface area contributed by atoms with Gasteiger partial charge in [0.2, 0.25) is 5.95 Å². The number of hydrogen-bond donors (Lipinski definition) is 1. The molecule has 1 atom stereocenters. The number of carbonyl (C=O) groups is 1. The van der Waals surface area contributed by atoms with E-state index in [2.05, 4.69) is 80.3 Å². The minimum atomic E-state index is -3.02. The molecule has 1 saturated heterocycles. The third-order valence-electron chi connectivity index (χ3n) is 9.72. The summed E-state index contributed by atoms with van der Waals surface area (Å²) in [5.74, 6) is -1.14. The van der Waals surface area contributed by atoms with Crippen molar-refractivity contribution in [3.8, 4) is 11.3 Å². The maximum absolute atomic E-state index is 15.0. The van der Waals surface area contributed by atoms with Crippen molar-refractivity contribution in [1.29, 1.82) is 0 Å². The van der Waals surface area contributed by atoms with Gasteiger partial charge in [-0.3, -0.25) is 14.5 Å². The number of nitrogens with one attached hydrogen (secondary N) is 1. The number of halogens is 4. The minimum Gasteiger partial charge on any atom is -0.405 e. The zero-order chi connectivity index (χ0) is 38.7. The Morgan fingerprint density at radius 1 is 0.927 bits per heavy atom. The molecule has 1 unspecified atom stereocenters. The standard InChI is InChI=1S/C40H38ClF3N8O2Si/c1-40(2,3)55(28-11-6-4-7-12-28,29-13-8-5-9-14-29)54-25-34(26-19-46-39(47-20-26)51-17-10-18-51)52-24-27(21-48-52)49-38(53)33-23-45-22-32(50-33)35-30(37(43)44)15-16-31(41)36(35)42/h4-9,11-16,19-24,34,37H,10,17-18,25H2,1-3H3,(H,49,53). The first kappa shape index (κ1) is 37.9. The maximum Gasteiger partial charge on any atom is 0.275 e. The van der Waals surface area contributed by atoms with Gasteiger partial charge in [0.05, 0.1) is 41.6 Å². The summed E-state index contributed by atoms with van der Waals surface area (Å²) in [7, 11) is -2.98. The Morgan fingerprint density at radius 3 is 2.16 bits per heavy atom. The SMILES string of the molecule is CC(C)(C)[Si](OCC(c1cnc(N2CCC2)nc1)n1cc(NC(=O)c2cncc(-c3c(C(F)F)ccc(Cl)c3F)n2)cn1)(c1ccccc1)c1ccccc1. The molecule has 1 aliphatic rings. The van der Waals surface area contributed by atoms with Crippen LogP contribution in [0.25, 0.3) is 11.3 Å². The number of aromatic nitrogens is 6. The minimum absolute atomic E-state index is 0.194. The van der Waals surface area contributed by atoms with Gasteiger partial charge >= 0.3 is 0 Å². The Bertz CT molecular complexity index is 2230. The molecule has 1 amide bonds. The summed E-state index contributed by atoms with van der Waals surface area (Å²) in [4.78, 5) is 33.1. The van der Waals surface area contributed by atoms with E-state index in [1.54, 1.807) is 23.3 Å². The molecule has 15 heteroatoms. The predicted octanol–water partition coefficient (Wildman–Crippen LogP) is 7.49. The lowest BCUT2D eigenvalue weighted by atomic mass is 10.0. The summed E-state index contributed by atoms with van der Waals surface area (Å²) in [6.45, 7) is 8.60. The van der Waals surface area contributed by atoms with E-state index >= 15 is 4.39 Å². The van der Waals surface area contributed by atoms with E-state index in [-0.39, 0.29) is 28.1 Å². The number of rotatable bonds is 12. The van der Waals surface area contributed by atoms with Gasteiger partial charge in [0.15, 0.2) is 5.82 Å². The van der Waals surface area contributed by atoms with Crippen LogP contribution in [-0.4, -0.2) is 63.6 Å². The second-order valence-electron chi connectivity index (χ2n) is 14.2. The first-order valence-electron chi connectivity index (χ1n) is 17.7. The molecule has 10 nitrogen and oxygen atoms in total. The number of anilines is 2. The summed E-state index contributed by atoms with van der Waals surface area (Å²) in [5.41, 5.74) is -0.577. The number of alkyl halides is 2. The molecule has 55 heavy (non-hydrogen) atoms. The number of amides is 1. The zero-order valence-electron chi connectivity index (χ0n) is 30.3. The maximum atomic E-state index is 15.0. The molecule has 282 valence electrons. The number of nitrogens with zero attached hydrogens (tertiary/aromatic N) is 7. The molecule has 6 aromatic rings. The molecule has 0 radical (unpaired) electrons. The highest BCUT2D eigenvalue weighted by molar-refractivity contribution is 6.99. The number of hydrogen-bond acceptors (Lipinski definition) is 8. The molecule has 0 aliphatic carbocycles. The zero-order valence-corrected chi connectivity index (χ0v) is 32.1. The van der Waals surface area contributed by atoms with Gasteiger partial charge < -0.3 is 14.6 Å². The first-order chi connectivity index (χ1) is 26.5. The molecule has 1 aliphatic heterocycles. The van der Waals surface area contributed by atoms with Crippen molar-refractivity contribution in [3.05, 3.63) is 138 Å². The third-order valence-corrected chi connectivity index (χ3v) is 15.0. The van der Waals surface area contributed by atoms with Gasteiger partial charge in [0.25, 0.3) is 20.7 Å². The molecule has 3 aromatic heterocycles. The third kappa shape index (κ3) is 7.62. The first-order valence-corrected chi connectivity index (χ1v) is 20.0. The fraction of sp³-hybridized carbons (Fsp3) is 0.250. The van der Waals surface area contributed by atoms with Gasteiger partial charge in [-0.05, 0) is 27.9 Å². The largest absolute Gasteiger partial charge is 0.405 e. The molecule has 1 N–H and O–H groups in total. The topological polar surface area (TPSA) is 111 Å².